The number of hydrogen-bond donors (Lipinski definition) is 1. The van der Waals surface area contributed by atoms with E-state index in [2.05, 4.69) is 12.6 Å². The zero-order valence-electron chi connectivity index (χ0n) is 9.74. The molecule has 1 N–H and O–H groups in total. The molecule has 15 heavy (non-hydrogen) atoms. The monoisotopic (exact) mass is 246 g/mol. The number of aliphatic hydroxyl groups excluding tert-OH is 1. The minimum absolute atomic E-state index is 0.0609. The standard InChI is InChI=1S/C12H23OPS/c1-2-3-9-12(13)10-7-5-4-6-8-11-14-15/h12-13H,2-10H2,1H3. The van der Waals surface area contributed by atoms with Gasteiger partial charge in [-0.15, -0.1) is 0 Å². The molecular weight excluding hydrogens is 223 g/mol. The molecule has 0 aliphatic heterocycles. The van der Waals surface area contributed by atoms with E-state index in [9.17, 15) is 5.11 Å². The van der Waals surface area contributed by atoms with Gasteiger partial charge in [0.05, 0.1) is 0 Å². The zero-order chi connectivity index (χ0) is 11.4. The van der Waals surface area contributed by atoms with Crippen molar-refractivity contribution in [2.24, 2.45) is 0 Å². The van der Waals surface area contributed by atoms with Gasteiger partial charge in [0.1, 0.15) is 0 Å². The molecule has 0 spiro atoms. The predicted molar refractivity (Wildman–Crippen MR) is 71.4 cm³/mol. The van der Waals surface area contributed by atoms with Crippen molar-refractivity contribution in [2.45, 2.75) is 70.8 Å². The fourth-order valence-electron chi connectivity index (χ4n) is 1.57. The number of hydrogen-bond acceptors (Lipinski definition) is 2. The Bertz CT molecular complexity index is 223. The van der Waals surface area contributed by atoms with E-state index in [1.807, 2.05) is 0 Å². The van der Waals surface area contributed by atoms with Gasteiger partial charge in [0, 0.05) is 0 Å². The van der Waals surface area contributed by atoms with Crippen molar-refractivity contribution in [3.8, 4) is 5.63 Å². The fourth-order valence-corrected chi connectivity index (χ4v) is 2.09. The van der Waals surface area contributed by atoms with Crippen LogP contribution >= 0.6 is 6.81 Å². The zero-order valence-corrected chi connectivity index (χ0v) is 11.5. The quantitative estimate of drug-likeness (QED) is 0.485. The van der Waals surface area contributed by atoms with Crippen LogP contribution in [0.3, 0.4) is 0 Å². The second-order valence-electron chi connectivity index (χ2n) is 4.00. The van der Waals surface area contributed by atoms with Gasteiger partial charge in [-0.05, 0) is 0 Å². The summed E-state index contributed by atoms with van der Waals surface area (Å²) >= 11 is 4.76. The number of rotatable bonds is 9. The van der Waals surface area contributed by atoms with E-state index in [-0.39, 0.29) is 6.10 Å². The van der Waals surface area contributed by atoms with Crippen LogP contribution in [0.5, 0.6) is 0 Å². The Hall–Kier alpha value is 0.390. The molecule has 0 amide bonds. The molecule has 88 valence electrons. The van der Waals surface area contributed by atoms with Crippen LogP contribution < -0.4 is 0 Å². The van der Waals surface area contributed by atoms with E-state index in [1.165, 1.54) is 25.7 Å². The molecule has 1 nitrogen and oxygen atoms in total. The summed E-state index contributed by atoms with van der Waals surface area (Å²) in [5.41, 5.74) is 3.11. The van der Waals surface area contributed by atoms with Crippen LogP contribution in [0.4, 0.5) is 0 Å². The van der Waals surface area contributed by atoms with E-state index in [4.69, 9.17) is 11.8 Å². The van der Waals surface area contributed by atoms with Crippen molar-refractivity contribution in [3.63, 3.8) is 0 Å². The molecule has 0 saturated heterocycles. The Balaban J connectivity index is 3.14. The van der Waals surface area contributed by atoms with E-state index in [0.717, 1.165) is 38.9 Å². The van der Waals surface area contributed by atoms with Gasteiger partial charge in [0.15, 0.2) is 0 Å². The molecule has 0 fully saturated rings. The average molecular weight is 246 g/mol. The van der Waals surface area contributed by atoms with Crippen molar-refractivity contribution in [3.05, 3.63) is 0 Å². The van der Waals surface area contributed by atoms with Crippen LogP contribution in [0, 0.1) is 5.63 Å². The second-order valence-corrected chi connectivity index (χ2v) is 5.04. The van der Waals surface area contributed by atoms with Crippen LogP contribution in [0.2, 0.25) is 0 Å². The van der Waals surface area contributed by atoms with Gasteiger partial charge in [0.25, 0.3) is 0 Å². The van der Waals surface area contributed by atoms with Crippen molar-refractivity contribution in [1.29, 1.82) is 0 Å². The molecule has 0 rings (SSSR count). The molecule has 0 saturated carbocycles. The Kier molecular flexibility index (Phi) is 12.8. The summed E-state index contributed by atoms with van der Waals surface area (Å²) in [4.78, 5) is 0. The first-order chi connectivity index (χ1) is 7.31. The molecule has 0 radical (unpaired) electrons. The van der Waals surface area contributed by atoms with E-state index in [0.29, 0.717) is 0 Å². The van der Waals surface area contributed by atoms with Crippen LogP contribution in [0.15, 0.2) is 0 Å². The molecule has 0 bridgehead atoms. The Morgan fingerprint density at radius 2 is 1.80 bits per heavy atom. The normalized spacial score (nSPS) is 12.1. The molecule has 3 heteroatoms. The van der Waals surface area contributed by atoms with Crippen LogP contribution in [0.1, 0.15) is 64.7 Å². The van der Waals surface area contributed by atoms with Gasteiger partial charge in [-0.3, -0.25) is 0 Å². The van der Waals surface area contributed by atoms with Crippen LogP contribution in [-0.2, 0) is 11.8 Å². The summed E-state index contributed by atoms with van der Waals surface area (Å²) < 4.78 is 0. The van der Waals surface area contributed by atoms with E-state index < -0.39 is 0 Å². The van der Waals surface area contributed by atoms with Gasteiger partial charge in [-0.1, -0.05) is 0 Å². The van der Waals surface area contributed by atoms with Gasteiger partial charge in [0.2, 0.25) is 0 Å². The van der Waals surface area contributed by atoms with Crippen LogP contribution in [-0.4, -0.2) is 11.2 Å². The number of aliphatic hydroxyl groups is 1. The first kappa shape index (κ1) is 15.4. The summed E-state index contributed by atoms with van der Waals surface area (Å²) in [7, 11) is 0. The van der Waals surface area contributed by atoms with Gasteiger partial charge < -0.3 is 0 Å². The Labute approximate surface area is 100 Å². The van der Waals surface area contributed by atoms with Gasteiger partial charge in [-0.25, -0.2) is 0 Å². The molecule has 0 aliphatic carbocycles. The third-order valence-electron chi connectivity index (χ3n) is 2.53. The number of unbranched alkanes of at least 4 members (excludes halogenated alkanes) is 5. The van der Waals surface area contributed by atoms with Crippen molar-refractivity contribution in [1.82, 2.24) is 0 Å². The summed E-state index contributed by atoms with van der Waals surface area (Å²) in [6.07, 6.45) is 10.1. The molecule has 0 heterocycles. The second kappa shape index (κ2) is 12.5. The van der Waals surface area contributed by atoms with Crippen LogP contribution in [0.25, 0.3) is 0 Å². The predicted octanol–water partition coefficient (Wildman–Crippen LogP) is 4.25. The third kappa shape index (κ3) is 12.3. The summed E-state index contributed by atoms with van der Waals surface area (Å²) in [6.45, 7) is 3.03. The van der Waals surface area contributed by atoms with Crippen molar-refractivity contribution in [2.75, 3.05) is 0 Å². The molecule has 0 aromatic carbocycles. The molecule has 0 aromatic heterocycles. The molecule has 1 unspecified atom stereocenters. The maximum absolute atomic E-state index is 9.59. The fraction of sp³-hybridized carbons (Fsp3) is 0.917. The average Bonchev–Trinajstić information content (AvgIpc) is 2.25. The first-order valence-corrected chi connectivity index (χ1v) is 7.95. The van der Waals surface area contributed by atoms with E-state index in [1.54, 1.807) is 0 Å². The van der Waals surface area contributed by atoms with Gasteiger partial charge in [-0.2, -0.15) is 0 Å². The summed E-state index contributed by atoms with van der Waals surface area (Å²) in [5, 5.41) is 9.59. The Morgan fingerprint density at radius 3 is 2.47 bits per heavy atom. The molecular formula is C12H23OPS. The SMILES string of the molecule is CCCCC(O)CCCCCCC#P=S. The summed E-state index contributed by atoms with van der Waals surface area (Å²) in [5.74, 6) is 0. The van der Waals surface area contributed by atoms with Crippen molar-refractivity contribution < 1.29 is 5.11 Å². The third-order valence-corrected chi connectivity index (χ3v) is 3.27. The maximum atomic E-state index is 9.59. The molecule has 1 atom stereocenters. The Morgan fingerprint density at radius 1 is 1.13 bits per heavy atom. The van der Waals surface area contributed by atoms with Crippen molar-refractivity contribution >= 4 is 18.6 Å². The molecule has 0 aliphatic rings. The topological polar surface area (TPSA) is 20.2 Å². The molecule has 0 aromatic rings. The van der Waals surface area contributed by atoms with Gasteiger partial charge >= 0.3 is 100 Å². The minimum atomic E-state index is -0.0609. The summed E-state index contributed by atoms with van der Waals surface area (Å²) in [6, 6.07) is 0. The first-order valence-electron chi connectivity index (χ1n) is 6.04. The van der Waals surface area contributed by atoms with E-state index >= 15 is 0 Å².